The van der Waals surface area contributed by atoms with E-state index in [2.05, 4.69) is 5.43 Å². The van der Waals surface area contributed by atoms with Crippen LogP contribution in [0.1, 0.15) is 5.56 Å². The molecule has 0 saturated carbocycles. The van der Waals surface area contributed by atoms with E-state index in [0.717, 1.165) is 6.20 Å². The maximum Gasteiger partial charge on any atom is 0.428 e. The summed E-state index contributed by atoms with van der Waals surface area (Å²) in [6, 6.07) is 7.01. The minimum Gasteiger partial charge on any atom is -0.479 e. The number of anilines is 1. The number of carboxylic acid groups (broad SMARTS) is 1. The number of nitriles is 1. The van der Waals surface area contributed by atoms with Crippen molar-refractivity contribution in [1.29, 1.82) is 5.26 Å². The topological polar surface area (TPSA) is 76.4 Å². The molecule has 8 heteroatoms. The Bertz CT molecular complexity index is 621. The van der Waals surface area contributed by atoms with Crippen LogP contribution in [0.4, 0.5) is 18.9 Å². The highest BCUT2D eigenvalue weighted by molar-refractivity contribution is 5.88. The van der Waals surface area contributed by atoms with Crippen LogP contribution >= 0.6 is 0 Å². The minimum absolute atomic E-state index is 0.0752. The number of hydrogen-bond acceptors (Lipinski definition) is 4. The van der Waals surface area contributed by atoms with Gasteiger partial charge in [-0.25, -0.2) is 4.79 Å². The summed E-state index contributed by atoms with van der Waals surface area (Å²) in [7, 11) is 0. The van der Waals surface area contributed by atoms with Crippen LogP contribution in [0.25, 0.3) is 0 Å². The lowest BCUT2D eigenvalue weighted by atomic mass is 9.98. The van der Waals surface area contributed by atoms with E-state index < -0.39 is 17.7 Å². The molecule has 104 valence electrons. The van der Waals surface area contributed by atoms with Crippen molar-refractivity contribution in [2.24, 2.45) is 0 Å². The predicted octanol–water partition coefficient (Wildman–Crippen LogP) is 1.78. The molecule has 1 aromatic carbocycles. The standard InChI is InChI=1S/C12H8F3N3O2/c13-12(14,15)11(10(19)20)4-5-17-18(11)9-3-1-2-8(6-9)7-16/h1-6,17H,(H,19,20). The smallest absolute Gasteiger partial charge is 0.428 e. The molecule has 1 aromatic rings. The first-order valence-corrected chi connectivity index (χ1v) is 5.37. The number of aliphatic carboxylic acids is 1. The third-order valence-electron chi connectivity index (χ3n) is 2.87. The van der Waals surface area contributed by atoms with Gasteiger partial charge in [0.1, 0.15) is 0 Å². The summed E-state index contributed by atoms with van der Waals surface area (Å²) >= 11 is 0. The molecule has 0 fully saturated rings. The van der Waals surface area contributed by atoms with Gasteiger partial charge in [0.05, 0.1) is 17.3 Å². The van der Waals surface area contributed by atoms with Gasteiger partial charge in [0.15, 0.2) is 0 Å². The molecule has 5 nitrogen and oxygen atoms in total. The number of alkyl halides is 3. The van der Waals surface area contributed by atoms with Crippen molar-refractivity contribution in [2.75, 3.05) is 5.01 Å². The summed E-state index contributed by atoms with van der Waals surface area (Å²) in [6.45, 7) is 0. The van der Waals surface area contributed by atoms with E-state index in [1.54, 1.807) is 6.07 Å². The van der Waals surface area contributed by atoms with Crippen LogP contribution < -0.4 is 10.4 Å². The number of nitrogens with zero attached hydrogens (tertiary/aromatic N) is 2. The van der Waals surface area contributed by atoms with E-state index in [9.17, 15) is 18.0 Å². The largest absolute Gasteiger partial charge is 0.479 e. The summed E-state index contributed by atoms with van der Waals surface area (Å²) in [5.41, 5.74) is -0.914. The normalized spacial score (nSPS) is 21.4. The maximum absolute atomic E-state index is 13.2. The summed E-state index contributed by atoms with van der Waals surface area (Å²) in [5.74, 6) is -2.06. The van der Waals surface area contributed by atoms with Gasteiger partial charge in [-0.1, -0.05) is 6.07 Å². The zero-order valence-corrected chi connectivity index (χ0v) is 9.85. The van der Waals surface area contributed by atoms with Gasteiger partial charge in [-0.2, -0.15) is 18.4 Å². The molecular formula is C12H8F3N3O2. The van der Waals surface area contributed by atoms with Gasteiger partial charge >= 0.3 is 12.1 Å². The van der Waals surface area contributed by atoms with Crippen molar-refractivity contribution in [3.05, 3.63) is 42.1 Å². The molecule has 0 spiro atoms. The monoisotopic (exact) mass is 283 g/mol. The molecule has 0 aliphatic carbocycles. The SMILES string of the molecule is N#Cc1cccc(N2NC=CC2(C(=O)O)C(F)(F)F)c1. The number of nitrogens with one attached hydrogen (secondary N) is 1. The number of benzene rings is 1. The van der Waals surface area contributed by atoms with Crippen molar-refractivity contribution in [2.45, 2.75) is 11.7 Å². The van der Waals surface area contributed by atoms with Gasteiger partial charge in [0, 0.05) is 6.20 Å². The third kappa shape index (κ3) is 1.84. The third-order valence-corrected chi connectivity index (χ3v) is 2.87. The van der Waals surface area contributed by atoms with E-state index in [4.69, 9.17) is 10.4 Å². The lowest BCUT2D eigenvalue weighted by Crippen LogP contribution is -2.63. The number of rotatable bonds is 2. The Morgan fingerprint density at radius 3 is 2.70 bits per heavy atom. The fourth-order valence-electron chi connectivity index (χ4n) is 1.91. The highest BCUT2D eigenvalue weighted by Gasteiger charge is 2.65. The predicted molar refractivity (Wildman–Crippen MR) is 62.3 cm³/mol. The van der Waals surface area contributed by atoms with Crippen LogP contribution in [0, 0.1) is 11.3 Å². The molecule has 0 bridgehead atoms. The Kier molecular flexibility index (Phi) is 3.06. The van der Waals surface area contributed by atoms with Crippen LogP contribution in [-0.2, 0) is 4.79 Å². The van der Waals surface area contributed by atoms with Crippen LogP contribution in [0.5, 0.6) is 0 Å². The number of carboxylic acids is 1. The number of hydrazine groups is 1. The molecule has 0 radical (unpaired) electrons. The fraction of sp³-hybridized carbons (Fsp3) is 0.167. The van der Waals surface area contributed by atoms with Gasteiger partial charge in [-0.05, 0) is 24.3 Å². The molecular weight excluding hydrogens is 275 g/mol. The van der Waals surface area contributed by atoms with Gasteiger partial charge < -0.3 is 10.5 Å². The Morgan fingerprint density at radius 1 is 1.45 bits per heavy atom. The van der Waals surface area contributed by atoms with E-state index in [1.165, 1.54) is 24.3 Å². The van der Waals surface area contributed by atoms with Crippen molar-refractivity contribution in [3.8, 4) is 6.07 Å². The van der Waals surface area contributed by atoms with E-state index >= 15 is 0 Å². The highest BCUT2D eigenvalue weighted by atomic mass is 19.4. The van der Waals surface area contributed by atoms with Gasteiger partial charge in [-0.3, -0.25) is 5.01 Å². The van der Waals surface area contributed by atoms with E-state index in [-0.39, 0.29) is 11.3 Å². The molecule has 0 aromatic heterocycles. The molecule has 1 aliphatic rings. The molecule has 2 rings (SSSR count). The Balaban J connectivity index is 2.56. The average molecular weight is 283 g/mol. The summed E-state index contributed by atoms with van der Waals surface area (Å²) in [6.07, 6.45) is -3.61. The molecule has 1 heterocycles. The fourth-order valence-corrected chi connectivity index (χ4v) is 1.91. The highest BCUT2D eigenvalue weighted by Crippen LogP contribution is 2.41. The second-order valence-electron chi connectivity index (χ2n) is 4.03. The van der Waals surface area contributed by atoms with Crippen molar-refractivity contribution < 1.29 is 23.1 Å². The lowest BCUT2D eigenvalue weighted by Gasteiger charge is -2.36. The minimum atomic E-state index is -5.04. The Labute approximate surface area is 111 Å². The molecule has 0 amide bonds. The average Bonchev–Trinajstić information content (AvgIpc) is 2.84. The maximum atomic E-state index is 13.2. The lowest BCUT2D eigenvalue weighted by molar-refractivity contribution is -0.191. The van der Waals surface area contributed by atoms with Crippen LogP contribution in [0.2, 0.25) is 0 Å². The zero-order chi connectivity index (χ0) is 15.0. The van der Waals surface area contributed by atoms with E-state index in [1.807, 2.05) is 0 Å². The molecule has 2 N–H and O–H groups in total. The molecule has 1 atom stereocenters. The second kappa shape index (κ2) is 4.45. The summed E-state index contributed by atoms with van der Waals surface area (Å²) in [5, 5.41) is 18.3. The van der Waals surface area contributed by atoms with Crippen LogP contribution in [0.15, 0.2) is 36.5 Å². The van der Waals surface area contributed by atoms with Crippen molar-refractivity contribution in [3.63, 3.8) is 0 Å². The van der Waals surface area contributed by atoms with Crippen molar-refractivity contribution in [1.82, 2.24) is 5.43 Å². The molecule has 1 unspecified atom stereocenters. The number of hydrogen-bond donors (Lipinski definition) is 2. The Hall–Kier alpha value is -2.69. The summed E-state index contributed by atoms with van der Waals surface area (Å²) in [4.78, 5) is 11.2. The van der Waals surface area contributed by atoms with Gasteiger partial charge in [0.2, 0.25) is 0 Å². The Morgan fingerprint density at radius 2 is 2.15 bits per heavy atom. The first-order chi connectivity index (χ1) is 9.33. The van der Waals surface area contributed by atoms with E-state index in [0.29, 0.717) is 11.1 Å². The van der Waals surface area contributed by atoms with Gasteiger partial charge in [0.25, 0.3) is 5.54 Å². The first-order valence-electron chi connectivity index (χ1n) is 5.37. The molecule has 1 aliphatic heterocycles. The number of carbonyl (C=O) groups is 1. The van der Waals surface area contributed by atoms with Crippen LogP contribution in [-0.4, -0.2) is 22.8 Å². The van der Waals surface area contributed by atoms with Crippen molar-refractivity contribution >= 4 is 11.7 Å². The molecule has 0 saturated heterocycles. The van der Waals surface area contributed by atoms with Gasteiger partial charge in [-0.15, -0.1) is 0 Å². The second-order valence-corrected chi connectivity index (χ2v) is 4.03. The number of halogens is 3. The van der Waals surface area contributed by atoms with Crippen LogP contribution in [0.3, 0.4) is 0 Å². The molecule has 20 heavy (non-hydrogen) atoms. The zero-order valence-electron chi connectivity index (χ0n) is 9.85. The first kappa shape index (κ1) is 13.7. The quantitative estimate of drug-likeness (QED) is 0.865. The summed E-state index contributed by atoms with van der Waals surface area (Å²) < 4.78 is 39.6.